The van der Waals surface area contributed by atoms with Gasteiger partial charge in [-0.2, -0.15) is 5.53 Å². The predicted molar refractivity (Wildman–Crippen MR) is 61.1 cm³/mol. The van der Waals surface area contributed by atoms with Crippen molar-refractivity contribution in [1.82, 2.24) is 10.7 Å². The molecule has 2 rings (SSSR count). The fourth-order valence-electron chi connectivity index (χ4n) is 1.71. The maximum atomic E-state index is 9.75. The van der Waals surface area contributed by atoms with Gasteiger partial charge in [-0.05, 0) is 12.5 Å². The lowest BCUT2D eigenvalue weighted by molar-refractivity contribution is -0.365. The van der Waals surface area contributed by atoms with Crippen LogP contribution in [0.15, 0.2) is 24.3 Å². The summed E-state index contributed by atoms with van der Waals surface area (Å²) in [6, 6.07) is 6.92. The van der Waals surface area contributed by atoms with Gasteiger partial charge in [-0.3, -0.25) is 5.84 Å². The molecular weight excluding hydrogens is 222 g/mol. The first-order valence-corrected chi connectivity index (χ1v) is 5.58. The third kappa shape index (κ3) is 2.74. The molecule has 0 spiro atoms. The highest BCUT2D eigenvalue weighted by atomic mass is 16.8. The van der Waals surface area contributed by atoms with Crippen molar-refractivity contribution < 1.29 is 14.7 Å². The SMILES string of the molecule is CCC1CN(NN)OC(c2ccccc2O)O1. The number of para-hydroxylation sites is 1. The lowest BCUT2D eigenvalue weighted by atomic mass is 10.2. The summed E-state index contributed by atoms with van der Waals surface area (Å²) >= 11 is 0. The number of hydrazine groups is 2. The quantitative estimate of drug-likeness (QED) is 0.535. The zero-order chi connectivity index (χ0) is 12.3. The molecule has 2 unspecified atom stereocenters. The normalized spacial score (nSPS) is 26.0. The number of benzene rings is 1. The molecule has 1 fully saturated rings. The number of phenolic OH excluding ortho intramolecular Hbond substituents is 1. The van der Waals surface area contributed by atoms with Crippen LogP contribution in [0.4, 0.5) is 0 Å². The molecule has 1 aliphatic rings. The Labute approximate surface area is 99.8 Å². The first kappa shape index (κ1) is 12.3. The molecule has 4 N–H and O–H groups in total. The van der Waals surface area contributed by atoms with Crippen LogP contribution in [0.3, 0.4) is 0 Å². The number of hydroxylamine groups is 1. The molecule has 1 heterocycles. The van der Waals surface area contributed by atoms with Crippen molar-refractivity contribution >= 4 is 0 Å². The highest BCUT2D eigenvalue weighted by molar-refractivity contribution is 5.32. The summed E-state index contributed by atoms with van der Waals surface area (Å²) in [6.07, 6.45) is 0.196. The van der Waals surface area contributed by atoms with Gasteiger partial charge in [0.25, 0.3) is 0 Å². The molecule has 1 aromatic rings. The van der Waals surface area contributed by atoms with E-state index in [0.717, 1.165) is 6.42 Å². The van der Waals surface area contributed by atoms with Crippen LogP contribution in [-0.2, 0) is 9.57 Å². The molecule has 0 bridgehead atoms. The van der Waals surface area contributed by atoms with Gasteiger partial charge in [-0.1, -0.05) is 25.1 Å². The molecule has 0 amide bonds. The number of nitrogens with two attached hydrogens (primary N) is 1. The second-order valence-electron chi connectivity index (χ2n) is 3.85. The van der Waals surface area contributed by atoms with Crippen LogP contribution in [-0.4, -0.2) is 22.9 Å². The number of rotatable bonds is 3. The van der Waals surface area contributed by atoms with E-state index < -0.39 is 6.29 Å². The summed E-state index contributed by atoms with van der Waals surface area (Å²) in [7, 11) is 0. The first-order chi connectivity index (χ1) is 8.24. The van der Waals surface area contributed by atoms with E-state index in [0.29, 0.717) is 12.1 Å². The Balaban J connectivity index is 2.17. The highest BCUT2D eigenvalue weighted by Crippen LogP contribution is 2.31. The van der Waals surface area contributed by atoms with Crippen LogP contribution < -0.4 is 11.4 Å². The van der Waals surface area contributed by atoms with Gasteiger partial charge in [0.05, 0.1) is 18.2 Å². The molecule has 6 nitrogen and oxygen atoms in total. The summed E-state index contributed by atoms with van der Waals surface area (Å²) in [6.45, 7) is 2.56. The van der Waals surface area contributed by atoms with Gasteiger partial charge in [-0.25, -0.2) is 4.84 Å². The van der Waals surface area contributed by atoms with E-state index in [1.54, 1.807) is 18.2 Å². The molecule has 0 radical (unpaired) electrons. The average Bonchev–Trinajstić information content (AvgIpc) is 2.38. The van der Waals surface area contributed by atoms with Gasteiger partial charge >= 0.3 is 0 Å². The Kier molecular flexibility index (Phi) is 3.93. The van der Waals surface area contributed by atoms with Gasteiger partial charge in [0.15, 0.2) is 0 Å². The Morgan fingerprint density at radius 1 is 1.53 bits per heavy atom. The average molecular weight is 239 g/mol. The minimum atomic E-state index is -0.647. The van der Waals surface area contributed by atoms with Crippen molar-refractivity contribution in [2.24, 2.45) is 5.84 Å². The third-order valence-corrected chi connectivity index (χ3v) is 2.70. The Morgan fingerprint density at radius 2 is 2.29 bits per heavy atom. The fourth-order valence-corrected chi connectivity index (χ4v) is 1.71. The van der Waals surface area contributed by atoms with Crippen LogP contribution >= 0.6 is 0 Å². The molecule has 17 heavy (non-hydrogen) atoms. The number of ether oxygens (including phenoxy) is 1. The standard InChI is InChI=1S/C11H17N3O3/c1-2-8-7-14(13-12)17-11(16-8)9-5-3-4-6-10(9)15/h3-6,8,11,13,15H,2,7,12H2,1H3. The van der Waals surface area contributed by atoms with E-state index in [4.69, 9.17) is 15.4 Å². The van der Waals surface area contributed by atoms with Gasteiger partial charge in [0.1, 0.15) is 5.75 Å². The maximum Gasteiger partial charge on any atom is 0.209 e. The number of nitrogens with zero attached hydrogens (tertiary/aromatic N) is 1. The van der Waals surface area contributed by atoms with Gasteiger partial charge in [0, 0.05) is 0 Å². The van der Waals surface area contributed by atoms with Crippen LogP contribution in [0.25, 0.3) is 0 Å². The van der Waals surface area contributed by atoms with Crippen LogP contribution in [0.5, 0.6) is 5.75 Å². The zero-order valence-corrected chi connectivity index (χ0v) is 9.67. The second-order valence-corrected chi connectivity index (χ2v) is 3.85. The van der Waals surface area contributed by atoms with Crippen LogP contribution in [0, 0.1) is 0 Å². The monoisotopic (exact) mass is 239 g/mol. The van der Waals surface area contributed by atoms with Gasteiger partial charge in [0.2, 0.25) is 6.29 Å². The van der Waals surface area contributed by atoms with Crippen molar-refractivity contribution in [1.29, 1.82) is 0 Å². The van der Waals surface area contributed by atoms with Gasteiger partial charge < -0.3 is 9.84 Å². The second kappa shape index (κ2) is 5.44. The Bertz CT molecular complexity index is 363. The lowest BCUT2D eigenvalue weighted by Gasteiger charge is -2.36. The number of phenols is 1. The Morgan fingerprint density at radius 3 is 2.94 bits per heavy atom. The molecule has 1 aliphatic heterocycles. The van der Waals surface area contributed by atoms with E-state index >= 15 is 0 Å². The van der Waals surface area contributed by atoms with Crippen molar-refractivity contribution in [2.75, 3.05) is 6.54 Å². The van der Waals surface area contributed by atoms with E-state index in [1.807, 2.05) is 13.0 Å². The Hall–Kier alpha value is -1.18. The lowest BCUT2D eigenvalue weighted by Crippen LogP contribution is -2.51. The van der Waals surface area contributed by atoms with E-state index in [9.17, 15) is 5.11 Å². The summed E-state index contributed by atoms with van der Waals surface area (Å²) in [5.74, 6) is 5.48. The van der Waals surface area contributed by atoms with E-state index in [2.05, 4.69) is 5.53 Å². The predicted octanol–water partition coefficient (Wildman–Crippen LogP) is 0.811. The molecule has 0 aromatic heterocycles. The van der Waals surface area contributed by atoms with Gasteiger partial charge in [-0.15, -0.1) is 5.17 Å². The van der Waals surface area contributed by atoms with Crippen molar-refractivity contribution in [3.63, 3.8) is 0 Å². The minimum Gasteiger partial charge on any atom is -0.507 e. The number of hydrogen-bond acceptors (Lipinski definition) is 6. The molecular formula is C11H17N3O3. The molecule has 6 heteroatoms. The van der Waals surface area contributed by atoms with Crippen molar-refractivity contribution in [3.05, 3.63) is 29.8 Å². The molecule has 1 saturated heterocycles. The largest absolute Gasteiger partial charge is 0.507 e. The topological polar surface area (TPSA) is 80.0 Å². The molecule has 94 valence electrons. The van der Waals surface area contributed by atoms with Crippen LogP contribution in [0.1, 0.15) is 25.2 Å². The fraction of sp³-hybridized carbons (Fsp3) is 0.455. The number of aromatic hydroxyl groups is 1. The smallest absolute Gasteiger partial charge is 0.209 e. The number of hydrogen-bond donors (Lipinski definition) is 3. The zero-order valence-electron chi connectivity index (χ0n) is 9.67. The minimum absolute atomic E-state index is 0.00408. The molecule has 0 saturated carbocycles. The van der Waals surface area contributed by atoms with E-state index in [1.165, 1.54) is 5.17 Å². The summed E-state index contributed by atoms with van der Waals surface area (Å²) in [4.78, 5) is 5.45. The molecule has 0 aliphatic carbocycles. The summed E-state index contributed by atoms with van der Waals surface area (Å²) in [5, 5.41) is 11.2. The number of nitrogens with one attached hydrogen (secondary N) is 1. The summed E-state index contributed by atoms with van der Waals surface area (Å²) < 4.78 is 5.72. The van der Waals surface area contributed by atoms with E-state index in [-0.39, 0.29) is 11.9 Å². The van der Waals surface area contributed by atoms with Crippen molar-refractivity contribution in [2.45, 2.75) is 25.7 Å². The first-order valence-electron chi connectivity index (χ1n) is 5.58. The summed E-state index contributed by atoms with van der Waals surface area (Å²) in [5.41, 5.74) is 3.03. The third-order valence-electron chi connectivity index (χ3n) is 2.70. The van der Waals surface area contributed by atoms with Crippen molar-refractivity contribution in [3.8, 4) is 5.75 Å². The van der Waals surface area contributed by atoms with Crippen LogP contribution in [0.2, 0.25) is 0 Å². The molecule has 1 aromatic carbocycles. The highest BCUT2D eigenvalue weighted by Gasteiger charge is 2.30. The maximum absolute atomic E-state index is 9.75. The molecule has 2 atom stereocenters.